The number of rotatable bonds is 5. The first-order valence-electron chi connectivity index (χ1n) is 7.78. The van der Waals surface area contributed by atoms with E-state index in [1.807, 2.05) is 0 Å². The fourth-order valence-corrected chi connectivity index (χ4v) is 2.07. The Labute approximate surface area is 115 Å². The smallest absolute Gasteiger partial charge is 0.103 e. The summed E-state index contributed by atoms with van der Waals surface area (Å²) >= 11 is 0. The average molecular weight is 254 g/mol. The monoisotopic (exact) mass is 254 g/mol. The Balaban J connectivity index is 0.000000331. The Morgan fingerprint density at radius 2 is 1.44 bits per heavy atom. The van der Waals surface area contributed by atoms with Crippen molar-refractivity contribution in [2.75, 3.05) is 0 Å². The molecule has 0 N–H and O–H groups in total. The van der Waals surface area contributed by atoms with E-state index in [2.05, 4.69) is 41.5 Å². The van der Waals surface area contributed by atoms with E-state index < -0.39 is 0 Å². The van der Waals surface area contributed by atoms with Gasteiger partial charge in [0.2, 0.25) is 0 Å². The molecule has 1 rings (SSSR count). The van der Waals surface area contributed by atoms with Gasteiger partial charge in [-0.05, 0) is 46.1 Å². The molecule has 0 amide bonds. The Kier molecular flexibility index (Phi) is 9.23. The lowest BCUT2D eigenvalue weighted by Gasteiger charge is -2.32. The van der Waals surface area contributed by atoms with Crippen LogP contribution < -0.4 is 0 Å². The molecule has 0 aromatic carbocycles. The van der Waals surface area contributed by atoms with E-state index in [9.17, 15) is 0 Å². The van der Waals surface area contributed by atoms with Crippen molar-refractivity contribution in [1.29, 1.82) is 0 Å². The molecule has 18 heavy (non-hydrogen) atoms. The molecule has 108 valence electrons. The van der Waals surface area contributed by atoms with Gasteiger partial charge in [0.25, 0.3) is 0 Å². The summed E-state index contributed by atoms with van der Waals surface area (Å²) in [6, 6.07) is 0. The fraction of sp³-hybridized carbons (Fsp3) is 0.882. The third-order valence-corrected chi connectivity index (χ3v) is 3.59. The summed E-state index contributed by atoms with van der Waals surface area (Å²) in [7, 11) is 0. The number of hydrogen-bond acceptors (Lipinski definition) is 1. The minimum atomic E-state index is 0.0730. The maximum atomic E-state index is 5.67. The van der Waals surface area contributed by atoms with Gasteiger partial charge in [0, 0.05) is 0 Å². The maximum Gasteiger partial charge on any atom is 0.103 e. The van der Waals surface area contributed by atoms with Crippen LogP contribution in [0, 0.1) is 0 Å². The van der Waals surface area contributed by atoms with Gasteiger partial charge in [0.1, 0.15) is 5.60 Å². The number of unbranched alkanes of at least 4 members (excludes halogenated alkanes) is 5. The molecule has 1 heterocycles. The summed E-state index contributed by atoms with van der Waals surface area (Å²) in [5.74, 6) is 1.12. The molecular weight excluding hydrogens is 220 g/mol. The van der Waals surface area contributed by atoms with Crippen molar-refractivity contribution in [3.05, 3.63) is 11.3 Å². The lowest BCUT2D eigenvalue weighted by Crippen LogP contribution is -2.27. The van der Waals surface area contributed by atoms with Crippen LogP contribution in [0.2, 0.25) is 0 Å². The van der Waals surface area contributed by atoms with Crippen LogP contribution in [0.3, 0.4) is 0 Å². The minimum absolute atomic E-state index is 0.0730. The van der Waals surface area contributed by atoms with Gasteiger partial charge < -0.3 is 4.74 Å². The number of ether oxygens (including phenoxy) is 1. The summed E-state index contributed by atoms with van der Waals surface area (Å²) in [6.07, 6.45) is 10.8. The highest BCUT2D eigenvalue weighted by molar-refractivity contribution is 5.08. The van der Waals surface area contributed by atoms with Crippen LogP contribution >= 0.6 is 0 Å². The Hall–Kier alpha value is -0.460. The molecule has 1 heteroatoms. The molecule has 1 nitrogen and oxygen atoms in total. The second-order valence-corrected chi connectivity index (χ2v) is 6.11. The Bertz CT molecular complexity index is 232. The van der Waals surface area contributed by atoms with Crippen LogP contribution in [0.5, 0.6) is 0 Å². The summed E-state index contributed by atoms with van der Waals surface area (Å²) in [4.78, 5) is 0. The maximum absolute atomic E-state index is 5.67. The van der Waals surface area contributed by atoms with E-state index in [1.165, 1.54) is 50.5 Å². The van der Waals surface area contributed by atoms with E-state index in [0.717, 1.165) is 12.2 Å². The van der Waals surface area contributed by atoms with Crippen molar-refractivity contribution >= 4 is 0 Å². The van der Waals surface area contributed by atoms with Gasteiger partial charge in [-0.2, -0.15) is 0 Å². The van der Waals surface area contributed by atoms with Crippen LogP contribution in [-0.2, 0) is 4.74 Å². The topological polar surface area (TPSA) is 9.23 Å². The van der Waals surface area contributed by atoms with Gasteiger partial charge in [-0.3, -0.25) is 0 Å². The summed E-state index contributed by atoms with van der Waals surface area (Å²) < 4.78 is 5.67. The van der Waals surface area contributed by atoms with Crippen LogP contribution in [0.1, 0.15) is 92.9 Å². The molecule has 0 fully saturated rings. The average Bonchev–Trinajstić information content (AvgIpc) is 2.31. The zero-order chi connectivity index (χ0) is 14.0. The highest BCUT2D eigenvalue weighted by atomic mass is 16.5. The SMILES string of the molecule is CC1=C(C)OC(C)(C)CC1.CCCCCCCC. The normalized spacial score (nSPS) is 17.9. The predicted molar refractivity (Wildman–Crippen MR) is 81.8 cm³/mol. The molecule has 0 spiro atoms. The second-order valence-electron chi connectivity index (χ2n) is 6.11. The molecule has 0 bridgehead atoms. The summed E-state index contributed by atoms with van der Waals surface area (Å²) in [5.41, 5.74) is 1.48. The van der Waals surface area contributed by atoms with Gasteiger partial charge in [-0.1, -0.05) is 52.4 Å². The van der Waals surface area contributed by atoms with Gasteiger partial charge in [0.05, 0.1) is 5.76 Å². The van der Waals surface area contributed by atoms with E-state index in [4.69, 9.17) is 4.74 Å². The molecule has 1 aliphatic heterocycles. The molecule has 0 aromatic heterocycles. The van der Waals surface area contributed by atoms with Gasteiger partial charge in [0.15, 0.2) is 0 Å². The molecule has 1 aliphatic rings. The first kappa shape index (κ1) is 17.5. The van der Waals surface area contributed by atoms with E-state index in [0.29, 0.717) is 0 Å². The molecule has 0 saturated carbocycles. The zero-order valence-electron chi connectivity index (χ0n) is 13.6. The van der Waals surface area contributed by atoms with Crippen molar-refractivity contribution in [2.45, 2.75) is 98.5 Å². The van der Waals surface area contributed by atoms with Gasteiger partial charge >= 0.3 is 0 Å². The summed E-state index contributed by atoms with van der Waals surface area (Å²) in [5, 5.41) is 0. The van der Waals surface area contributed by atoms with Crippen LogP contribution in [0.15, 0.2) is 11.3 Å². The van der Waals surface area contributed by atoms with Crippen molar-refractivity contribution in [2.24, 2.45) is 0 Å². The summed E-state index contributed by atoms with van der Waals surface area (Å²) in [6.45, 7) is 13.0. The molecule has 0 aliphatic carbocycles. The van der Waals surface area contributed by atoms with E-state index >= 15 is 0 Å². The highest BCUT2D eigenvalue weighted by Gasteiger charge is 2.24. The van der Waals surface area contributed by atoms with E-state index in [1.54, 1.807) is 0 Å². The van der Waals surface area contributed by atoms with E-state index in [-0.39, 0.29) is 5.60 Å². The van der Waals surface area contributed by atoms with Gasteiger partial charge in [-0.15, -0.1) is 0 Å². The van der Waals surface area contributed by atoms with Crippen molar-refractivity contribution < 1.29 is 4.74 Å². The van der Waals surface area contributed by atoms with Crippen LogP contribution in [0.25, 0.3) is 0 Å². The van der Waals surface area contributed by atoms with Gasteiger partial charge in [-0.25, -0.2) is 0 Å². The van der Waals surface area contributed by atoms with Crippen LogP contribution in [0.4, 0.5) is 0 Å². The van der Waals surface area contributed by atoms with Crippen molar-refractivity contribution in [3.63, 3.8) is 0 Å². The molecule has 0 radical (unpaired) electrons. The minimum Gasteiger partial charge on any atom is -0.493 e. The number of hydrogen-bond donors (Lipinski definition) is 0. The molecule has 0 aromatic rings. The van der Waals surface area contributed by atoms with Crippen molar-refractivity contribution in [3.8, 4) is 0 Å². The Morgan fingerprint density at radius 1 is 0.944 bits per heavy atom. The lowest BCUT2D eigenvalue weighted by atomic mass is 9.95. The molecular formula is C17H34O. The number of allylic oxidation sites excluding steroid dienone is 2. The standard InChI is InChI=1S/C9H16O.C8H18/c1-7-5-6-9(3,4)10-8(7)2;1-3-5-7-8-6-4-2/h5-6H2,1-4H3;3-8H2,1-2H3. The first-order chi connectivity index (χ1) is 8.43. The third kappa shape index (κ3) is 8.60. The second kappa shape index (κ2) is 9.47. The lowest BCUT2D eigenvalue weighted by molar-refractivity contribution is 0.0138. The highest BCUT2D eigenvalue weighted by Crippen LogP contribution is 2.30. The predicted octanol–water partition coefficient (Wildman–Crippen LogP) is 6.24. The first-order valence-corrected chi connectivity index (χ1v) is 7.78. The quantitative estimate of drug-likeness (QED) is 0.528. The van der Waals surface area contributed by atoms with Crippen molar-refractivity contribution in [1.82, 2.24) is 0 Å². The Morgan fingerprint density at radius 3 is 1.78 bits per heavy atom. The molecule has 0 saturated heterocycles. The zero-order valence-corrected chi connectivity index (χ0v) is 13.6. The molecule has 0 unspecified atom stereocenters. The largest absolute Gasteiger partial charge is 0.493 e. The fourth-order valence-electron chi connectivity index (χ4n) is 2.07. The van der Waals surface area contributed by atoms with Crippen LogP contribution in [-0.4, -0.2) is 5.60 Å². The molecule has 0 atom stereocenters. The third-order valence-electron chi connectivity index (χ3n) is 3.59.